The van der Waals surface area contributed by atoms with Crippen molar-refractivity contribution in [2.75, 3.05) is 0 Å². The van der Waals surface area contributed by atoms with Gasteiger partial charge in [-0.05, 0) is 61.5 Å². The van der Waals surface area contributed by atoms with Crippen LogP contribution in [0, 0.1) is 29.1 Å². The van der Waals surface area contributed by atoms with Crippen LogP contribution >= 0.6 is 0 Å². The maximum Gasteiger partial charge on any atom is 1.00 e. The van der Waals surface area contributed by atoms with Crippen molar-refractivity contribution in [2.24, 2.45) is 29.1 Å². The second kappa shape index (κ2) is 8.68. The number of carboxylic acids is 1. The summed E-state index contributed by atoms with van der Waals surface area (Å²) >= 11 is 0. The molecule has 0 saturated heterocycles. The van der Waals surface area contributed by atoms with Gasteiger partial charge in [-0.25, -0.2) is 0 Å². The average molecular weight is 375 g/mol. The molecule has 1 aromatic carbocycles. The third-order valence-corrected chi connectivity index (χ3v) is 7.09. The molecule has 140 valence electrons. The number of benzene rings is 1. The van der Waals surface area contributed by atoms with E-state index in [0.29, 0.717) is 29.2 Å². The Bertz CT molecular complexity index is 736. The van der Waals surface area contributed by atoms with Gasteiger partial charge in [-0.2, -0.15) is 0 Å². The van der Waals surface area contributed by atoms with Gasteiger partial charge in [-0.3, -0.25) is 0 Å². The van der Waals surface area contributed by atoms with Gasteiger partial charge in [0.15, 0.2) is 0 Å². The Hall–Kier alpha value is -0.830. The number of carbonyl (C=O) groups is 1. The number of carboxylic acid groups (broad SMARTS) is 1. The summed E-state index contributed by atoms with van der Waals surface area (Å²) in [6, 6.07) is 10.6. The normalized spacial score (nSPS) is 35.8. The van der Waals surface area contributed by atoms with Gasteiger partial charge in [-0.15, -0.1) is 0 Å². The first-order chi connectivity index (χ1) is 12.3. The fourth-order valence-corrected chi connectivity index (χ4v) is 6.19. The number of hydrogen-bond donors (Lipinski definition) is 0. The molecule has 0 radical (unpaired) electrons. The standard InChI is InChI=1S/C24H32O2.Na/c1-6-24(14-18(5)23(25)26)20(19-10-8-7-9-11-19)13-16(3)21-15(2)12-17(4)22(21)24;/h7-11,13-15,17,20-22H,6,12H2,1-5H3,(H,25,26);/q;+1/p-1/b18-14+;/t15-,17-,20+,21+,22-,24+;/m1./s1. The molecule has 3 heteroatoms. The molecule has 1 saturated carbocycles. The maximum absolute atomic E-state index is 11.6. The molecule has 6 atom stereocenters. The van der Waals surface area contributed by atoms with Crippen LogP contribution in [0.15, 0.2) is 53.6 Å². The average Bonchev–Trinajstić information content (AvgIpc) is 2.93. The monoisotopic (exact) mass is 374 g/mol. The first-order valence-corrected chi connectivity index (χ1v) is 9.95. The topological polar surface area (TPSA) is 40.1 Å². The van der Waals surface area contributed by atoms with E-state index in [1.54, 1.807) is 6.92 Å². The number of rotatable bonds is 4. The van der Waals surface area contributed by atoms with E-state index >= 15 is 0 Å². The van der Waals surface area contributed by atoms with E-state index < -0.39 is 5.97 Å². The van der Waals surface area contributed by atoms with E-state index in [1.165, 1.54) is 17.6 Å². The second-order valence-corrected chi connectivity index (χ2v) is 8.62. The van der Waals surface area contributed by atoms with E-state index in [1.807, 2.05) is 6.07 Å². The Balaban J connectivity index is 0.00000261. The SMILES string of the molecule is CC[C@@]1(/C=C(\C)C(=O)[O-])[C@H]2[C@H](C(C)=C[C@H]1c1ccccc1)[C@H](C)C[C@H]2C.[Na+]. The molecule has 2 nitrogen and oxygen atoms in total. The molecule has 2 aliphatic rings. The van der Waals surface area contributed by atoms with Crippen LogP contribution in [0.2, 0.25) is 0 Å². The molecule has 0 N–H and O–H groups in total. The molecule has 0 aromatic heterocycles. The Labute approximate surface area is 186 Å². The predicted octanol–water partition coefficient (Wildman–Crippen LogP) is 1.74. The summed E-state index contributed by atoms with van der Waals surface area (Å²) in [5.74, 6) is 1.38. The smallest absolute Gasteiger partial charge is 0.545 e. The minimum Gasteiger partial charge on any atom is -0.545 e. The van der Waals surface area contributed by atoms with Gasteiger partial charge in [0, 0.05) is 11.3 Å². The summed E-state index contributed by atoms with van der Waals surface area (Å²) in [5, 5.41) is 11.6. The molecular formula is C24H31NaO2. The van der Waals surface area contributed by atoms with Crippen LogP contribution < -0.4 is 34.7 Å². The summed E-state index contributed by atoms with van der Waals surface area (Å²) < 4.78 is 0. The van der Waals surface area contributed by atoms with Crippen molar-refractivity contribution in [2.45, 2.75) is 53.4 Å². The third kappa shape index (κ3) is 3.86. The molecule has 3 rings (SSSR count). The quantitative estimate of drug-likeness (QED) is 0.458. The zero-order valence-corrected chi connectivity index (χ0v) is 19.7. The van der Waals surface area contributed by atoms with Crippen molar-refractivity contribution >= 4 is 5.97 Å². The summed E-state index contributed by atoms with van der Waals surface area (Å²) in [7, 11) is 0. The summed E-state index contributed by atoms with van der Waals surface area (Å²) in [6.45, 7) is 10.9. The predicted molar refractivity (Wildman–Crippen MR) is 104 cm³/mol. The van der Waals surface area contributed by atoms with Crippen molar-refractivity contribution in [1.82, 2.24) is 0 Å². The van der Waals surface area contributed by atoms with Gasteiger partial charge in [0.1, 0.15) is 0 Å². The Morgan fingerprint density at radius 1 is 1.22 bits per heavy atom. The van der Waals surface area contributed by atoms with E-state index in [0.717, 1.165) is 6.42 Å². The zero-order chi connectivity index (χ0) is 19.1. The number of aliphatic carboxylic acids is 1. The summed E-state index contributed by atoms with van der Waals surface area (Å²) in [6.07, 6.45) is 6.61. The van der Waals surface area contributed by atoms with Crippen LogP contribution in [-0.4, -0.2) is 5.97 Å². The molecule has 0 unspecified atom stereocenters. The van der Waals surface area contributed by atoms with Crippen molar-refractivity contribution in [3.8, 4) is 0 Å². The molecular weight excluding hydrogens is 343 g/mol. The van der Waals surface area contributed by atoms with Crippen LogP contribution in [0.25, 0.3) is 0 Å². The fourth-order valence-electron chi connectivity index (χ4n) is 6.19. The Morgan fingerprint density at radius 3 is 2.41 bits per heavy atom. The van der Waals surface area contributed by atoms with E-state index in [-0.39, 0.29) is 40.9 Å². The molecule has 2 aliphatic carbocycles. The minimum atomic E-state index is -1.05. The molecule has 1 fully saturated rings. The molecule has 0 aliphatic heterocycles. The second-order valence-electron chi connectivity index (χ2n) is 8.62. The summed E-state index contributed by atoms with van der Waals surface area (Å²) in [5.41, 5.74) is 2.94. The zero-order valence-electron chi connectivity index (χ0n) is 17.7. The molecule has 27 heavy (non-hydrogen) atoms. The van der Waals surface area contributed by atoms with E-state index in [9.17, 15) is 9.90 Å². The van der Waals surface area contributed by atoms with E-state index in [4.69, 9.17) is 0 Å². The van der Waals surface area contributed by atoms with Gasteiger partial charge in [0.2, 0.25) is 0 Å². The number of allylic oxidation sites excluding steroid dienone is 3. The largest absolute Gasteiger partial charge is 1.00 e. The molecule has 0 bridgehead atoms. The molecule has 0 heterocycles. The number of carbonyl (C=O) groups excluding carboxylic acids is 1. The van der Waals surface area contributed by atoms with Gasteiger partial charge < -0.3 is 9.90 Å². The fraction of sp³-hybridized carbons (Fsp3) is 0.542. The van der Waals surface area contributed by atoms with E-state index in [2.05, 4.69) is 64.1 Å². The number of hydrogen-bond acceptors (Lipinski definition) is 2. The minimum absolute atomic E-state index is 0. The van der Waals surface area contributed by atoms with Crippen molar-refractivity contribution in [1.29, 1.82) is 0 Å². The van der Waals surface area contributed by atoms with Gasteiger partial charge in [0.05, 0.1) is 5.97 Å². The molecule has 0 amide bonds. The van der Waals surface area contributed by atoms with Gasteiger partial charge in [0.25, 0.3) is 0 Å². The van der Waals surface area contributed by atoms with Gasteiger partial charge in [-0.1, -0.05) is 68.8 Å². The Kier molecular flexibility index (Phi) is 7.22. The Morgan fingerprint density at radius 2 is 1.85 bits per heavy atom. The van der Waals surface area contributed by atoms with Crippen LogP contribution in [0.4, 0.5) is 0 Å². The van der Waals surface area contributed by atoms with Crippen molar-refractivity contribution in [3.05, 3.63) is 59.2 Å². The first kappa shape index (κ1) is 22.5. The first-order valence-electron chi connectivity index (χ1n) is 9.95. The van der Waals surface area contributed by atoms with Crippen molar-refractivity contribution in [3.63, 3.8) is 0 Å². The number of fused-ring (bicyclic) bond motifs is 1. The van der Waals surface area contributed by atoms with Crippen molar-refractivity contribution < 1.29 is 39.5 Å². The van der Waals surface area contributed by atoms with Crippen LogP contribution in [0.3, 0.4) is 0 Å². The summed E-state index contributed by atoms with van der Waals surface area (Å²) in [4.78, 5) is 11.6. The van der Waals surface area contributed by atoms with Crippen LogP contribution in [0.1, 0.15) is 58.9 Å². The third-order valence-electron chi connectivity index (χ3n) is 7.09. The van der Waals surface area contributed by atoms with Crippen LogP contribution in [0.5, 0.6) is 0 Å². The van der Waals surface area contributed by atoms with Gasteiger partial charge >= 0.3 is 29.6 Å². The molecule has 1 aromatic rings. The van der Waals surface area contributed by atoms with Crippen LogP contribution in [-0.2, 0) is 4.79 Å². The maximum atomic E-state index is 11.6. The molecule has 0 spiro atoms.